The summed E-state index contributed by atoms with van der Waals surface area (Å²) in [7, 11) is 0.220. The minimum Gasteiger partial charge on any atom is -0.340 e. The van der Waals surface area contributed by atoms with Gasteiger partial charge < -0.3 is 9.80 Å². The fraction of sp³-hybridized carbons (Fsp3) is 0.529. The maximum Gasteiger partial charge on any atom is 0.243 e. The quantitative estimate of drug-likeness (QED) is 0.691. The van der Waals surface area contributed by atoms with Crippen LogP contribution in [-0.4, -0.2) is 81.0 Å². The fourth-order valence-electron chi connectivity index (χ4n) is 2.67. The van der Waals surface area contributed by atoms with Gasteiger partial charge in [0, 0.05) is 44.7 Å². The van der Waals surface area contributed by atoms with E-state index in [0.717, 1.165) is 0 Å². The van der Waals surface area contributed by atoms with Gasteiger partial charge in [-0.3, -0.25) is 9.59 Å². The smallest absolute Gasteiger partial charge is 0.243 e. The maximum absolute atomic E-state index is 12.7. The highest BCUT2D eigenvalue weighted by molar-refractivity contribution is 7.89. The SMILES string of the molecule is CC(=O)c1ccc(S(=O)(=O)N2CCN(C(=O)CCN(C)C)CC2)cc1. The Kier molecular flexibility index (Phi) is 6.31. The largest absolute Gasteiger partial charge is 0.340 e. The van der Waals surface area contributed by atoms with Gasteiger partial charge in [-0.2, -0.15) is 4.31 Å². The fourth-order valence-corrected chi connectivity index (χ4v) is 4.09. The first-order valence-electron chi connectivity index (χ1n) is 8.25. The first-order chi connectivity index (χ1) is 11.7. The molecule has 0 spiro atoms. The van der Waals surface area contributed by atoms with Gasteiger partial charge in [0.2, 0.25) is 15.9 Å². The van der Waals surface area contributed by atoms with Gasteiger partial charge in [0.15, 0.2) is 5.78 Å². The molecule has 1 saturated heterocycles. The third kappa shape index (κ3) is 4.87. The molecule has 1 fully saturated rings. The molecule has 1 aliphatic heterocycles. The number of Topliss-reactive ketones (excluding diaryl/α,β-unsaturated/α-hetero) is 1. The summed E-state index contributed by atoms with van der Waals surface area (Å²) >= 11 is 0. The number of piperazine rings is 1. The highest BCUT2D eigenvalue weighted by Crippen LogP contribution is 2.18. The topological polar surface area (TPSA) is 78.0 Å². The summed E-state index contributed by atoms with van der Waals surface area (Å²) in [4.78, 5) is 27.3. The van der Waals surface area contributed by atoms with Crippen molar-refractivity contribution < 1.29 is 18.0 Å². The van der Waals surface area contributed by atoms with E-state index in [4.69, 9.17) is 0 Å². The second-order valence-electron chi connectivity index (χ2n) is 6.42. The Balaban J connectivity index is 1.99. The van der Waals surface area contributed by atoms with Gasteiger partial charge in [-0.1, -0.05) is 12.1 Å². The van der Waals surface area contributed by atoms with E-state index in [1.165, 1.54) is 35.5 Å². The van der Waals surface area contributed by atoms with E-state index in [-0.39, 0.29) is 29.7 Å². The van der Waals surface area contributed by atoms with Crippen LogP contribution in [0.4, 0.5) is 0 Å². The molecule has 1 amide bonds. The molecule has 0 bridgehead atoms. The Morgan fingerprint density at radius 3 is 2.08 bits per heavy atom. The minimum absolute atomic E-state index is 0.0524. The Hall–Kier alpha value is -1.77. The van der Waals surface area contributed by atoms with Crippen molar-refractivity contribution in [3.05, 3.63) is 29.8 Å². The molecule has 7 nitrogen and oxygen atoms in total. The molecule has 25 heavy (non-hydrogen) atoms. The zero-order valence-corrected chi connectivity index (χ0v) is 15.8. The summed E-state index contributed by atoms with van der Waals surface area (Å²) in [6.07, 6.45) is 0.437. The molecule has 0 unspecified atom stereocenters. The summed E-state index contributed by atoms with van der Waals surface area (Å²) in [5, 5.41) is 0. The number of sulfonamides is 1. The predicted molar refractivity (Wildman–Crippen MR) is 95.0 cm³/mol. The summed E-state index contributed by atoms with van der Waals surface area (Å²) in [5.74, 6) is -0.0506. The van der Waals surface area contributed by atoms with Crippen molar-refractivity contribution in [1.82, 2.24) is 14.1 Å². The second kappa shape index (κ2) is 8.07. The number of benzene rings is 1. The number of rotatable bonds is 6. The van der Waals surface area contributed by atoms with Gasteiger partial charge in [0.1, 0.15) is 0 Å². The predicted octanol–water partition coefficient (Wildman–Crippen LogP) is 0.674. The first-order valence-corrected chi connectivity index (χ1v) is 9.69. The van der Waals surface area contributed by atoms with Gasteiger partial charge in [-0.05, 0) is 33.2 Å². The molecule has 1 aromatic rings. The summed E-state index contributed by atoms with van der Waals surface area (Å²) in [5.41, 5.74) is 0.482. The van der Waals surface area contributed by atoms with Crippen LogP contribution in [-0.2, 0) is 14.8 Å². The first kappa shape index (κ1) is 19.6. The summed E-state index contributed by atoms with van der Waals surface area (Å²) < 4.78 is 26.8. The van der Waals surface area contributed by atoms with Gasteiger partial charge in [0.25, 0.3) is 0 Å². The van der Waals surface area contributed by atoms with Crippen LogP contribution in [0.25, 0.3) is 0 Å². The highest BCUT2D eigenvalue weighted by Gasteiger charge is 2.30. The number of ketones is 1. The van der Waals surface area contributed by atoms with Crippen LogP contribution in [0.2, 0.25) is 0 Å². The number of hydrogen-bond donors (Lipinski definition) is 0. The van der Waals surface area contributed by atoms with Crippen molar-refractivity contribution in [2.45, 2.75) is 18.2 Å². The van der Waals surface area contributed by atoms with E-state index < -0.39 is 10.0 Å². The molecule has 0 aromatic heterocycles. The lowest BCUT2D eigenvalue weighted by atomic mass is 10.2. The van der Waals surface area contributed by atoms with Gasteiger partial charge in [-0.25, -0.2) is 8.42 Å². The van der Waals surface area contributed by atoms with Crippen molar-refractivity contribution in [1.29, 1.82) is 0 Å². The summed E-state index contributed by atoms with van der Waals surface area (Å²) in [6, 6.07) is 5.97. The van der Waals surface area contributed by atoms with E-state index in [9.17, 15) is 18.0 Å². The molecular weight excluding hydrogens is 342 g/mol. The van der Waals surface area contributed by atoms with Gasteiger partial charge in [0.05, 0.1) is 4.90 Å². The Labute approximate surface area is 149 Å². The lowest BCUT2D eigenvalue weighted by Gasteiger charge is -2.34. The minimum atomic E-state index is -3.60. The van der Waals surface area contributed by atoms with Crippen LogP contribution < -0.4 is 0 Å². The Bertz CT molecular complexity index is 721. The van der Waals surface area contributed by atoms with E-state index >= 15 is 0 Å². The molecular formula is C17H25N3O4S. The van der Waals surface area contributed by atoms with Crippen LogP contribution in [0.1, 0.15) is 23.7 Å². The van der Waals surface area contributed by atoms with E-state index in [1.807, 2.05) is 19.0 Å². The highest BCUT2D eigenvalue weighted by atomic mass is 32.2. The van der Waals surface area contributed by atoms with Crippen molar-refractivity contribution in [3.8, 4) is 0 Å². The maximum atomic E-state index is 12.7. The van der Waals surface area contributed by atoms with Crippen molar-refractivity contribution in [3.63, 3.8) is 0 Å². The third-order valence-corrected chi connectivity index (χ3v) is 6.18. The van der Waals surface area contributed by atoms with E-state index in [2.05, 4.69) is 0 Å². The molecule has 1 aromatic carbocycles. The van der Waals surface area contributed by atoms with Crippen LogP contribution >= 0.6 is 0 Å². The molecule has 1 heterocycles. The molecule has 1 aliphatic rings. The van der Waals surface area contributed by atoms with E-state index in [0.29, 0.717) is 31.6 Å². The molecule has 0 aliphatic carbocycles. The summed E-state index contributed by atoms with van der Waals surface area (Å²) in [6.45, 7) is 3.49. The normalized spacial score (nSPS) is 16.2. The number of carbonyl (C=O) groups is 2. The number of hydrogen-bond acceptors (Lipinski definition) is 5. The number of carbonyl (C=O) groups excluding carboxylic acids is 2. The molecule has 2 rings (SSSR count). The average molecular weight is 367 g/mol. The van der Waals surface area contributed by atoms with Crippen molar-refractivity contribution >= 4 is 21.7 Å². The zero-order chi connectivity index (χ0) is 18.6. The van der Waals surface area contributed by atoms with E-state index in [1.54, 1.807) is 4.90 Å². The van der Waals surface area contributed by atoms with Crippen LogP contribution in [0.5, 0.6) is 0 Å². The monoisotopic (exact) mass is 367 g/mol. The molecule has 0 N–H and O–H groups in total. The van der Waals surface area contributed by atoms with Crippen LogP contribution in [0.3, 0.4) is 0 Å². The molecule has 0 atom stereocenters. The Morgan fingerprint density at radius 2 is 1.60 bits per heavy atom. The van der Waals surface area contributed by atoms with Crippen molar-refractivity contribution in [2.24, 2.45) is 0 Å². The lowest BCUT2D eigenvalue weighted by molar-refractivity contribution is -0.132. The van der Waals surface area contributed by atoms with Gasteiger partial charge >= 0.3 is 0 Å². The van der Waals surface area contributed by atoms with Gasteiger partial charge in [-0.15, -0.1) is 0 Å². The number of amides is 1. The molecule has 138 valence electrons. The molecule has 0 saturated carbocycles. The number of nitrogens with zero attached hydrogens (tertiary/aromatic N) is 3. The Morgan fingerprint density at radius 1 is 1.04 bits per heavy atom. The van der Waals surface area contributed by atoms with Crippen molar-refractivity contribution in [2.75, 3.05) is 46.8 Å². The average Bonchev–Trinajstić information content (AvgIpc) is 2.59. The third-order valence-electron chi connectivity index (χ3n) is 4.26. The second-order valence-corrected chi connectivity index (χ2v) is 8.36. The standard InChI is InChI=1S/C17H25N3O4S/c1-14(21)15-4-6-16(7-5-15)25(23,24)20-12-10-19(11-13-20)17(22)8-9-18(2)3/h4-7H,8-13H2,1-3H3. The van der Waals surface area contributed by atoms with Crippen LogP contribution in [0.15, 0.2) is 29.2 Å². The van der Waals surface area contributed by atoms with Crippen LogP contribution in [0, 0.1) is 0 Å². The molecule has 8 heteroatoms. The lowest BCUT2D eigenvalue weighted by Crippen LogP contribution is -2.50. The zero-order valence-electron chi connectivity index (χ0n) is 14.9. The molecule has 0 radical (unpaired) electrons.